The second-order valence-electron chi connectivity index (χ2n) is 13.4. The SMILES string of the molecule is COc1ccc(C(OC[C@H]2O[C@@H](n3ccc(=O)[nH]c3=O)[C@H](F)[C@@H]2OP2O[C@@]3(C)CCCC[C@@H]3N2C)(c2ccccc2)c2ccc(OC)cc2)cc1. The predicted molar refractivity (Wildman–Crippen MR) is 190 cm³/mol. The van der Waals surface area contributed by atoms with E-state index < -0.39 is 55.6 Å². The van der Waals surface area contributed by atoms with Gasteiger partial charge in [0.25, 0.3) is 14.1 Å². The van der Waals surface area contributed by atoms with Crippen LogP contribution in [0.1, 0.15) is 55.5 Å². The summed E-state index contributed by atoms with van der Waals surface area (Å²) < 4.78 is 57.5. The third-order valence-corrected chi connectivity index (χ3v) is 12.1. The highest BCUT2D eigenvalue weighted by Crippen LogP contribution is 2.61. The quantitative estimate of drug-likeness (QED) is 0.146. The van der Waals surface area contributed by atoms with Crippen LogP contribution in [0.4, 0.5) is 4.39 Å². The zero-order valence-corrected chi connectivity index (χ0v) is 30.0. The summed E-state index contributed by atoms with van der Waals surface area (Å²) in [4.78, 5) is 27.0. The summed E-state index contributed by atoms with van der Waals surface area (Å²) in [5, 5.41) is 0. The topological polar surface area (TPSA) is 113 Å². The molecule has 2 saturated heterocycles. The first kappa shape index (κ1) is 35.5. The Morgan fingerprint density at radius 2 is 1.55 bits per heavy atom. The maximum Gasteiger partial charge on any atom is 0.330 e. The van der Waals surface area contributed by atoms with Crippen LogP contribution >= 0.6 is 8.53 Å². The van der Waals surface area contributed by atoms with Crippen molar-refractivity contribution in [3.63, 3.8) is 0 Å². The highest BCUT2D eigenvalue weighted by atomic mass is 31.2. The van der Waals surface area contributed by atoms with Gasteiger partial charge in [0.05, 0.1) is 26.4 Å². The van der Waals surface area contributed by atoms with Crippen LogP contribution in [0.5, 0.6) is 11.5 Å². The van der Waals surface area contributed by atoms with Gasteiger partial charge in [-0.25, -0.2) is 13.9 Å². The molecule has 3 aromatic carbocycles. The summed E-state index contributed by atoms with van der Waals surface area (Å²) in [6.45, 7) is 1.96. The van der Waals surface area contributed by atoms with E-state index in [0.717, 1.165) is 53.0 Å². The molecule has 7 atom stereocenters. The Kier molecular flexibility index (Phi) is 10.2. The summed E-state index contributed by atoms with van der Waals surface area (Å²) in [5.74, 6) is 1.35. The highest BCUT2D eigenvalue weighted by Gasteiger charge is 2.56. The summed E-state index contributed by atoms with van der Waals surface area (Å²) in [6.07, 6.45) is -0.135. The molecule has 3 fully saturated rings. The lowest BCUT2D eigenvalue weighted by Crippen LogP contribution is -2.43. The lowest BCUT2D eigenvalue weighted by atomic mass is 9.80. The van der Waals surface area contributed by atoms with Crippen molar-refractivity contribution in [1.29, 1.82) is 0 Å². The number of benzene rings is 3. The molecule has 7 rings (SSSR count). The minimum atomic E-state index is -1.80. The van der Waals surface area contributed by atoms with Crippen LogP contribution in [-0.4, -0.2) is 72.1 Å². The molecule has 0 radical (unpaired) electrons. The number of fused-ring (bicyclic) bond motifs is 1. The van der Waals surface area contributed by atoms with E-state index in [-0.39, 0.29) is 12.6 Å². The van der Waals surface area contributed by atoms with Crippen molar-refractivity contribution in [3.8, 4) is 11.5 Å². The Bertz CT molecular complexity index is 1860. The van der Waals surface area contributed by atoms with E-state index in [2.05, 4.69) is 16.6 Å². The minimum absolute atomic E-state index is 0.139. The molecule has 11 nitrogen and oxygen atoms in total. The summed E-state index contributed by atoms with van der Waals surface area (Å²) in [6, 6.07) is 26.3. The number of likely N-dealkylation sites (N-methyl/N-ethyl adjacent to an activating group) is 1. The van der Waals surface area contributed by atoms with E-state index in [9.17, 15) is 9.59 Å². The van der Waals surface area contributed by atoms with Crippen molar-refractivity contribution >= 4 is 8.53 Å². The largest absolute Gasteiger partial charge is 0.497 e. The molecule has 1 unspecified atom stereocenters. The summed E-state index contributed by atoms with van der Waals surface area (Å²) >= 11 is 0. The van der Waals surface area contributed by atoms with Gasteiger partial charge in [0.15, 0.2) is 12.4 Å². The van der Waals surface area contributed by atoms with E-state index in [0.29, 0.717) is 11.5 Å². The number of methoxy groups -OCH3 is 2. The number of H-pyrrole nitrogens is 1. The molecule has 4 aromatic rings. The Morgan fingerprint density at radius 1 is 0.922 bits per heavy atom. The smallest absolute Gasteiger partial charge is 0.330 e. The number of hydrogen-bond donors (Lipinski definition) is 1. The van der Waals surface area contributed by atoms with Crippen LogP contribution in [0.15, 0.2) is 101 Å². The number of nitrogens with zero attached hydrogens (tertiary/aromatic N) is 2. The average Bonchev–Trinajstić information content (AvgIpc) is 3.60. The van der Waals surface area contributed by atoms with Gasteiger partial charge in [-0.05, 0) is 67.8 Å². The van der Waals surface area contributed by atoms with Crippen LogP contribution in [0.3, 0.4) is 0 Å². The number of ether oxygens (including phenoxy) is 4. The number of aromatic nitrogens is 2. The van der Waals surface area contributed by atoms with Gasteiger partial charge in [-0.3, -0.25) is 14.3 Å². The average molecular weight is 720 g/mol. The van der Waals surface area contributed by atoms with E-state index in [1.54, 1.807) is 14.2 Å². The Labute approximate surface area is 297 Å². The monoisotopic (exact) mass is 719 g/mol. The maximum atomic E-state index is 16.8. The lowest BCUT2D eigenvalue weighted by Gasteiger charge is -2.37. The van der Waals surface area contributed by atoms with Gasteiger partial charge < -0.3 is 28.0 Å². The Morgan fingerprint density at radius 3 is 2.14 bits per heavy atom. The zero-order chi connectivity index (χ0) is 35.8. The summed E-state index contributed by atoms with van der Waals surface area (Å²) in [7, 11) is 3.51. The minimum Gasteiger partial charge on any atom is -0.497 e. The van der Waals surface area contributed by atoms with Gasteiger partial charge in [-0.1, -0.05) is 67.4 Å². The second kappa shape index (κ2) is 14.6. The number of aromatic amines is 1. The molecule has 3 aliphatic rings. The van der Waals surface area contributed by atoms with E-state index in [4.69, 9.17) is 28.0 Å². The zero-order valence-electron chi connectivity index (χ0n) is 29.1. The lowest BCUT2D eigenvalue weighted by molar-refractivity contribution is -0.0932. The molecule has 0 spiro atoms. The Hall–Kier alpha value is -3.90. The number of alkyl halides is 1. The van der Waals surface area contributed by atoms with Gasteiger partial charge in [0, 0.05) is 18.3 Å². The highest BCUT2D eigenvalue weighted by molar-refractivity contribution is 7.45. The molecular weight excluding hydrogens is 676 g/mol. The maximum absolute atomic E-state index is 16.8. The molecule has 1 saturated carbocycles. The molecule has 0 bridgehead atoms. The standard InChI is InChI=1S/C38H43FN3O8P/c1-37-22-9-8-12-31(37)41(2)51(50-37)49-34-30(48-35(33(34)39)42-23-21-32(43)40-36(42)44)24-47-38(25-10-6-5-7-11-25,26-13-17-28(45-3)18-14-26)27-15-19-29(46-4)20-16-27/h5-7,10-11,13-21,23,30-31,33-35H,8-9,12,22,24H2,1-4H3,(H,40,43,44)/t30-,31+,33-,34-,35-,37+,51?/m1/s1. The molecule has 3 heterocycles. The van der Waals surface area contributed by atoms with Crippen LogP contribution in [0.2, 0.25) is 0 Å². The fraction of sp³-hybridized carbons (Fsp3) is 0.421. The van der Waals surface area contributed by atoms with E-state index in [1.165, 1.54) is 6.20 Å². The van der Waals surface area contributed by atoms with Crippen molar-refractivity contribution in [2.75, 3.05) is 27.9 Å². The fourth-order valence-electron chi connectivity index (χ4n) is 7.62. The third-order valence-electron chi connectivity index (χ3n) is 10.3. The molecule has 51 heavy (non-hydrogen) atoms. The number of nitrogens with one attached hydrogen (secondary N) is 1. The van der Waals surface area contributed by atoms with Crippen molar-refractivity contribution in [2.24, 2.45) is 0 Å². The van der Waals surface area contributed by atoms with Gasteiger partial charge in [-0.2, -0.15) is 0 Å². The molecule has 0 amide bonds. The molecular formula is C38H43FN3O8P. The first-order valence-electron chi connectivity index (χ1n) is 17.1. The summed E-state index contributed by atoms with van der Waals surface area (Å²) in [5.41, 5.74) is -0.590. The number of hydrogen-bond acceptors (Lipinski definition) is 9. The van der Waals surface area contributed by atoms with Crippen LogP contribution in [-0.2, 0) is 24.1 Å². The molecule has 13 heteroatoms. The molecule has 270 valence electrons. The van der Waals surface area contributed by atoms with Crippen LogP contribution in [0.25, 0.3) is 0 Å². The predicted octanol–water partition coefficient (Wildman–Crippen LogP) is 6.07. The normalized spacial score (nSPS) is 28.0. The van der Waals surface area contributed by atoms with Gasteiger partial charge >= 0.3 is 5.69 Å². The number of halogens is 1. The first-order valence-corrected chi connectivity index (χ1v) is 18.3. The van der Waals surface area contributed by atoms with Crippen molar-refractivity contribution in [1.82, 2.24) is 14.2 Å². The number of rotatable bonds is 11. The van der Waals surface area contributed by atoms with Gasteiger partial charge in [-0.15, -0.1) is 0 Å². The Balaban J connectivity index is 1.29. The third kappa shape index (κ3) is 6.65. The first-order chi connectivity index (χ1) is 24.7. The molecule has 1 aromatic heterocycles. The van der Waals surface area contributed by atoms with Gasteiger partial charge in [0.1, 0.15) is 29.3 Å². The fourth-order valence-corrected chi connectivity index (χ4v) is 9.56. The van der Waals surface area contributed by atoms with Crippen molar-refractivity contribution in [2.45, 2.75) is 74.5 Å². The molecule has 2 aliphatic heterocycles. The molecule has 1 aliphatic carbocycles. The van der Waals surface area contributed by atoms with Gasteiger partial charge in [0.2, 0.25) is 0 Å². The van der Waals surface area contributed by atoms with Crippen molar-refractivity contribution in [3.05, 3.63) is 129 Å². The van der Waals surface area contributed by atoms with Crippen LogP contribution in [0, 0.1) is 0 Å². The van der Waals surface area contributed by atoms with Crippen LogP contribution < -0.4 is 20.7 Å². The van der Waals surface area contributed by atoms with E-state index >= 15 is 4.39 Å². The van der Waals surface area contributed by atoms with E-state index in [1.807, 2.05) is 85.9 Å². The van der Waals surface area contributed by atoms with Crippen molar-refractivity contribution < 1.29 is 32.4 Å². The molecule has 1 N–H and O–H groups in total. The second-order valence-corrected chi connectivity index (χ2v) is 14.9.